The van der Waals surface area contributed by atoms with Crippen molar-refractivity contribution in [1.82, 2.24) is 24.8 Å². The molecule has 6 heteroatoms. The number of rotatable bonds is 4. The molecule has 2 aromatic rings. The van der Waals surface area contributed by atoms with Gasteiger partial charge in [0, 0.05) is 67.9 Å². The number of hydrogen-bond donors (Lipinski definition) is 0. The van der Waals surface area contributed by atoms with Gasteiger partial charge in [0.15, 0.2) is 0 Å². The number of likely N-dealkylation sites (tertiary alicyclic amines) is 1. The van der Waals surface area contributed by atoms with E-state index in [4.69, 9.17) is 0 Å². The van der Waals surface area contributed by atoms with Crippen molar-refractivity contribution in [3.63, 3.8) is 0 Å². The van der Waals surface area contributed by atoms with Crippen LogP contribution in [0.3, 0.4) is 0 Å². The third-order valence-corrected chi connectivity index (χ3v) is 6.77. The van der Waals surface area contributed by atoms with E-state index in [1.54, 1.807) is 6.33 Å². The molecule has 3 aliphatic rings. The Morgan fingerprint density at radius 1 is 0.926 bits per heavy atom. The predicted octanol–water partition coefficient (Wildman–Crippen LogP) is 2.72. The highest BCUT2D eigenvalue weighted by Crippen LogP contribution is 2.36. The highest BCUT2D eigenvalue weighted by Gasteiger charge is 2.40. The van der Waals surface area contributed by atoms with Crippen LogP contribution in [0.25, 0.3) is 0 Å². The van der Waals surface area contributed by atoms with E-state index in [0.717, 1.165) is 61.9 Å². The van der Waals surface area contributed by atoms with Gasteiger partial charge in [-0.15, -0.1) is 0 Å². The van der Waals surface area contributed by atoms with Gasteiger partial charge in [0.2, 0.25) is 0 Å². The molecule has 2 aromatic heterocycles. The summed E-state index contributed by atoms with van der Waals surface area (Å²) in [6, 6.07) is 0. The van der Waals surface area contributed by atoms with Crippen LogP contribution in [0, 0.1) is 25.7 Å². The third kappa shape index (κ3) is 3.20. The van der Waals surface area contributed by atoms with E-state index in [9.17, 15) is 0 Å². The molecule has 6 nitrogen and oxygen atoms in total. The van der Waals surface area contributed by atoms with Crippen LogP contribution in [0.2, 0.25) is 0 Å². The highest BCUT2D eigenvalue weighted by molar-refractivity contribution is 5.48. The second-order valence-corrected chi connectivity index (χ2v) is 8.60. The smallest absolute Gasteiger partial charge is 0.135 e. The van der Waals surface area contributed by atoms with E-state index in [0.29, 0.717) is 5.92 Å². The van der Waals surface area contributed by atoms with E-state index >= 15 is 0 Å². The number of anilines is 1. The van der Waals surface area contributed by atoms with Gasteiger partial charge in [0.1, 0.15) is 18.0 Å². The van der Waals surface area contributed by atoms with E-state index in [1.165, 1.54) is 30.4 Å². The minimum absolute atomic E-state index is 0.616. The van der Waals surface area contributed by atoms with Gasteiger partial charge in [-0.1, -0.05) is 6.42 Å². The molecule has 1 saturated carbocycles. The lowest BCUT2D eigenvalue weighted by molar-refractivity contribution is 0.307. The quantitative estimate of drug-likeness (QED) is 0.831. The number of hydrogen-bond acceptors (Lipinski definition) is 6. The molecule has 0 spiro atoms. The van der Waals surface area contributed by atoms with Crippen LogP contribution < -0.4 is 4.90 Å². The minimum Gasteiger partial charge on any atom is -0.356 e. The molecule has 3 fully saturated rings. The van der Waals surface area contributed by atoms with Crippen molar-refractivity contribution in [1.29, 1.82) is 0 Å². The Morgan fingerprint density at radius 3 is 2.26 bits per heavy atom. The molecular formula is C21H28N6. The molecule has 0 bridgehead atoms. The summed E-state index contributed by atoms with van der Waals surface area (Å²) in [5.41, 5.74) is 3.55. The van der Waals surface area contributed by atoms with Crippen molar-refractivity contribution in [2.75, 3.05) is 31.1 Å². The fourth-order valence-corrected chi connectivity index (χ4v) is 4.82. The monoisotopic (exact) mass is 364 g/mol. The molecule has 142 valence electrons. The molecule has 2 saturated heterocycles. The second kappa shape index (κ2) is 6.82. The molecule has 2 unspecified atom stereocenters. The number of aryl methyl sites for hydroxylation is 1. The summed E-state index contributed by atoms with van der Waals surface area (Å²) in [5.74, 6) is 4.26. The lowest BCUT2D eigenvalue weighted by Gasteiger charge is -2.24. The first-order valence-corrected chi connectivity index (χ1v) is 10.2. The number of nitrogens with zero attached hydrogens (tertiary/aromatic N) is 6. The fraction of sp³-hybridized carbons (Fsp3) is 0.619. The van der Waals surface area contributed by atoms with E-state index in [1.807, 2.05) is 12.4 Å². The lowest BCUT2D eigenvalue weighted by atomic mass is 9.85. The number of aromatic nitrogens is 4. The first-order valence-electron chi connectivity index (χ1n) is 10.2. The Morgan fingerprint density at radius 2 is 1.63 bits per heavy atom. The van der Waals surface area contributed by atoms with Crippen molar-refractivity contribution in [2.45, 2.75) is 45.6 Å². The Hall–Kier alpha value is -2.08. The molecule has 4 heterocycles. The zero-order chi connectivity index (χ0) is 18.4. The average Bonchev–Trinajstić information content (AvgIpc) is 3.16. The zero-order valence-electron chi connectivity index (χ0n) is 16.3. The molecule has 2 atom stereocenters. The average molecular weight is 364 g/mol. The van der Waals surface area contributed by atoms with Gasteiger partial charge < -0.3 is 4.90 Å². The molecule has 27 heavy (non-hydrogen) atoms. The van der Waals surface area contributed by atoms with Crippen LogP contribution in [-0.4, -0.2) is 51.0 Å². The fourth-order valence-electron chi connectivity index (χ4n) is 4.82. The molecule has 0 radical (unpaired) electrons. The number of fused-ring (bicyclic) bond motifs is 1. The summed E-state index contributed by atoms with van der Waals surface area (Å²) in [5, 5.41) is 0. The second-order valence-electron chi connectivity index (χ2n) is 8.60. The summed E-state index contributed by atoms with van der Waals surface area (Å²) >= 11 is 0. The van der Waals surface area contributed by atoms with Crippen LogP contribution in [0.5, 0.6) is 0 Å². The van der Waals surface area contributed by atoms with Gasteiger partial charge in [-0.05, 0) is 38.5 Å². The van der Waals surface area contributed by atoms with E-state index < -0.39 is 0 Å². The maximum Gasteiger partial charge on any atom is 0.135 e. The van der Waals surface area contributed by atoms with E-state index in [-0.39, 0.29) is 0 Å². The van der Waals surface area contributed by atoms with Crippen molar-refractivity contribution in [3.05, 3.63) is 41.4 Å². The van der Waals surface area contributed by atoms with E-state index in [2.05, 4.69) is 43.6 Å². The first-order chi connectivity index (χ1) is 13.2. The van der Waals surface area contributed by atoms with Gasteiger partial charge in [0.05, 0.1) is 0 Å². The van der Waals surface area contributed by atoms with Crippen LogP contribution in [0.4, 0.5) is 5.82 Å². The van der Waals surface area contributed by atoms with Gasteiger partial charge in [-0.3, -0.25) is 4.90 Å². The van der Waals surface area contributed by atoms with Gasteiger partial charge in [-0.2, -0.15) is 0 Å². The largest absolute Gasteiger partial charge is 0.356 e. The summed E-state index contributed by atoms with van der Waals surface area (Å²) in [4.78, 5) is 23.2. The third-order valence-electron chi connectivity index (χ3n) is 6.77. The molecular weight excluding hydrogens is 336 g/mol. The normalized spacial score (nSPS) is 25.6. The molecule has 5 rings (SSSR count). The standard InChI is InChI=1S/C21H28N6/c1-14-15(2)24-13-25-21(14)27-11-18-9-26(10-19(18)12-27)8-16-6-22-20(23-7-16)17-4-3-5-17/h6-7,13,17-19H,3-5,8-12H2,1-2H3. The molecule has 2 aliphatic heterocycles. The Labute approximate surface area is 161 Å². The topological polar surface area (TPSA) is 58.0 Å². The van der Waals surface area contributed by atoms with Crippen LogP contribution in [0.15, 0.2) is 18.7 Å². The molecule has 0 N–H and O–H groups in total. The van der Waals surface area contributed by atoms with Gasteiger partial charge in [-0.25, -0.2) is 19.9 Å². The summed E-state index contributed by atoms with van der Waals surface area (Å²) in [7, 11) is 0. The van der Waals surface area contributed by atoms with Gasteiger partial charge >= 0.3 is 0 Å². The zero-order valence-corrected chi connectivity index (χ0v) is 16.3. The van der Waals surface area contributed by atoms with Crippen molar-refractivity contribution in [3.8, 4) is 0 Å². The first kappa shape index (κ1) is 17.0. The Kier molecular flexibility index (Phi) is 4.31. The van der Waals surface area contributed by atoms with Crippen molar-refractivity contribution in [2.24, 2.45) is 11.8 Å². The lowest BCUT2D eigenvalue weighted by Crippen LogP contribution is -2.29. The maximum atomic E-state index is 4.62. The Bertz CT molecular complexity index is 802. The summed E-state index contributed by atoms with van der Waals surface area (Å²) in [6.07, 6.45) is 9.65. The minimum atomic E-state index is 0.616. The Balaban J connectivity index is 1.19. The summed E-state index contributed by atoms with van der Waals surface area (Å²) in [6.45, 7) is 9.72. The van der Waals surface area contributed by atoms with Crippen molar-refractivity contribution < 1.29 is 0 Å². The summed E-state index contributed by atoms with van der Waals surface area (Å²) < 4.78 is 0. The molecule has 0 aromatic carbocycles. The molecule has 0 amide bonds. The van der Waals surface area contributed by atoms with Gasteiger partial charge in [0.25, 0.3) is 0 Å². The molecule has 1 aliphatic carbocycles. The van der Waals surface area contributed by atoms with Crippen LogP contribution in [0.1, 0.15) is 47.8 Å². The van der Waals surface area contributed by atoms with Crippen LogP contribution in [-0.2, 0) is 6.54 Å². The SMILES string of the molecule is Cc1ncnc(N2CC3CN(Cc4cnc(C5CCC5)nc4)CC3C2)c1C. The van der Waals surface area contributed by atoms with Crippen molar-refractivity contribution >= 4 is 5.82 Å². The highest BCUT2D eigenvalue weighted by atomic mass is 15.3. The maximum absolute atomic E-state index is 4.62. The van der Waals surface area contributed by atoms with Crippen LogP contribution >= 0.6 is 0 Å². The predicted molar refractivity (Wildman–Crippen MR) is 105 cm³/mol.